The van der Waals surface area contributed by atoms with Crippen LogP contribution in [0.5, 0.6) is 0 Å². The fourth-order valence-electron chi connectivity index (χ4n) is 6.36. The molecule has 6 atom stereocenters. The molecule has 5 heteroatoms. The van der Waals surface area contributed by atoms with Crippen molar-refractivity contribution in [3.05, 3.63) is 23.8 Å². The standard InChI is InChI=1S/C19H28O4S/c1-18-9-3-4-16(18)15-6-5-13-12-14(23-24(20,21)22)7-11-19(13,2)17(15)8-10-18/h3,5,9,14-17H,4,6-8,10-12H2,1-2H3,(H,20,21,22)/t14?,15-,16-,17-,18-,19-/m0/s1. The molecule has 2 saturated carbocycles. The van der Waals surface area contributed by atoms with Crippen LogP contribution >= 0.6 is 0 Å². The summed E-state index contributed by atoms with van der Waals surface area (Å²) in [5.41, 5.74) is 1.92. The summed E-state index contributed by atoms with van der Waals surface area (Å²) in [4.78, 5) is 0. The lowest BCUT2D eigenvalue weighted by atomic mass is 9.48. The highest BCUT2D eigenvalue weighted by Gasteiger charge is 2.54. The van der Waals surface area contributed by atoms with Gasteiger partial charge in [-0.2, -0.15) is 8.42 Å². The molecule has 1 N–H and O–H groups in total. The molecule has 0 aromatic carbocycles. The zero-order valence-electron chi connectivity index (χ0n) is 14.6. The van der Waals surface area contributed by atoms with Gasteiger partial charge in [-0.1, -0.05) is 37.6 Å². The van der Waals surface area contributed by atoms with Crippen molar-refractivity contribution in [2.45, 2.75) is 64.9 Å². The number of rotatable bonds is 2. The van der Waals surface area contributed by atoms with Crippen molar-refractivity contribution in [1.29, 1.82) is 0 Å². The first-order valence-electron chi connectivity index (χ1n) is 9.24. The molecule has 24 heavy (non-hydrogen) atoms. The number of allylic oxidation sites excluding steroid dienone is 3. The monoisotopic (exact) mass is 352 g/mol. The molecule has 0 aromatic heterocycles. The number of hydrogen-bond donors (Lipinski definition) is 1. The Morgan fingerprint density at radius 1 is 1.17 bits per heavy atom. The first kappa shape index (κ1) is 16.8. The quantitative estimate of drug-likeness (QED) is 0.594. The summed E-state index contributed by atoms with van der Waals surface area (Å²) in [6.45, 7) is 4.81. The maximum absolute atomic E-state index is 11.0. The van der Waals surface area contributed by atoms with E-state index in [4.69, 9.17) is 8.74 Å². The van der Waals surface area contributed by atoms with Crippen molar-refractivity contribution >= 4 is 10.4 Å². The van der Waals surface area contributed by atoms with E-state index in [2.05, 4.69) is 32.1 Å². The van der Waals surface area contributed by atoms with Gasteiger partial charge >= 0.3 is 10.4 Å². The smallest absolute Gasteiger partial charge is 0.264 e. The molecule has 0 amide bonds. The largest absolute Gasteiger partial charge is 0.397 e. The highest BCUT2D eigenvalue weighted by molar-refractivity contribution is 7.80. The van der Waals surface area contributed by atoms with Gasteiger partial charge < -0.3 is 0 Å². The van der Waals surface area contributed by atoms with Crippen LogP contribution in [0.25, 0.3) is 0 Å². The summed E-state index contributed by atoms with van der Waals surface area (Å²) in [5, 5.41) is 0. The van der Waals surface area contributed by atoms with E-state index in [0.29, 0.717) is 24.2 Å². The van der Waals surface area contributed by atoms with E-state index >= 15 is 0 Å². The van der Waals surface area contributed by atoms with Gasteiger partial charge in [0.15, 0.2) is 0 Å². The maximum atomic E-state index is 11.0. The van der Waals surface area contributed by atoms with E-state index in [0.717, 1.165) is 24.7 Å². The molecule has 134 valence electrons. The topological polar surface area (TPSA) is 63.6 Å². The molecule has 4 rings (SSSR count). The molecule has 4 aliphatic carbocycles. The fourth-order valence-corrected chi connectivity index (χ4v) is 6.87. The molecule has 0 saturated heterocycles. The number of hydrogen-bond acceptors (Lipinski definition) is 3. The van der Waals surface area contributed by atoms with Crippen molar-refractivity contribution in [1.82, 2.24) is 0 Å². The van der Waals surface area contributed by atoms with E-state index in [-0.39, 0.29) is 5.41 Å². The Kier molecular flexibility index (Phi) is 3.79. The zero-order valence-corrected chi connectivity index (χ0v) is 15.4. The second-order valence-corrected chi connectivity index (χ2v) is 9.88. The molecule has 1 unspecified atom stereocenters. The molecule has 0 bridgehead atoms. The predicted octanol–water partition coefficient (Wildman–Crippen LogP) is 4.30. The summed E-state index contributed by atoms with van der Waals surface area (Å²) in [7, 11) is -4.36. The third kappa shape index (κ3) is 2.60. The predicted molar refractivity (Wildman–Crippen MR) is 92.6 cm³/mol. The SMILES string of the molecule is C[C@@]12C=CC[C@H]1[C@@H]1CC=C3CC(OS(=O)(=O)O)CC[C@]3(C)[C@H]1CC2. The molecular weight excluding hydrogens is 324 g/mol. The van der Waals surface area contributed by atoms with Crippen LogP contribution < -0.4 is 0 Å². The average Bonchev–Trinajstić information content (AvgIpc) is 2.88. The van der Waals surface area contributed by atoms with Gasteiger partial charge in [0.1, 0.15) is 0 Å². The maximum Gasteiger partial charge on any atom is 0.397 e. The van der Waals surface area contributed by atoms with Crippen LogP contribution in [-0.4, -0.2) is 19.1 Å². The van der Waals surface area contributed by atoms with Gasteiger partial charge in [0, 0.05) is 0 Å². The van der Waals surface area contributed by atoms with Crippen LogP contribution in [0, 0.1) is 28.6 Å². The molecule has 0 aromatic rings. The molecule has 0 heterocycles. The van der Waals surface area contributed by atoms with Gasteiger partial charge in [0.05, 0.1) is 6.10 Å². The van der Waals surface area contributed by atoms with Gasteiger partial charge in [-0.3, -0.25) is 4.55 Å². The van der Waals surface area contributed by atoms with Crippen LogP contribution in [0.1, 0.15) is 58.8 Å². The van der Waals surface area contributed by atoms with Gasteiger partial charge in [-0.25, -0.2) is 4.18 Å². The first-order valence-corrected chi connectivity index (χ1v) is 10.6. The summed E-state index contributed by atoms with van der Waals surface area (Å²) >= 11 is 0. The minimum Gasteiger partial charge on any atom is -0.264 e. The molecule has 0 aliphatic heterocycles. The lowest BCUT2D eigenvalue weighted by Gasteiger charge is -2.57. The molecule has 0 spiro atoms. The summed E-state index contributed by atoms with van der Waals surface area (Å²) in [6.07, 6.45) is 13.9. The highest BCUT2D eigenvalue weighted by Crippen LogP contribution is 2.63. The minimum atomic E-state index is -4.36. The van der Waals surface area contributed by atoms with Gasteiger partial charge in [0.25, 0.3) is 0 Å². The third-order valence-corrected chi connectivity index (χ3v) is 8.16. The van der Waals surface area contributed by atoms with E-state index in [1.807, 2.05) is 0 Å². The van der Waals surface area contributed by atoms with E-state index in [9.17, 15) is 8.42 Å². The molecule has 2 fully saturated rings. The average molecular weight is 352 g/mol. The van der Waals surface area contributed by atoms with Crippen LogP contribution in [0.15, 0.2) is 23.8 Å². The van der Waals surface area contributed by atoms with Crippen molar-refractivity contribution in [2.75, 3.05) is 0 Å². The van der Waals surface area contributed by atoms with Crippen LogP contribution in [-0.2, 0) is 14.6 Å². The summed E-state index contributed by atoms with van der Waals surface area (Å²) < 4.78 is 35.9. The Hall–Kier alpha value is -0.650. The van der Waals surface area contributed by atoms with Gasteiger partial charge in [0.2, 0.25) is 0 Å². The second kappa shape index (κ2) is 5.42. The van der Waals surface area contributed by atoms with E-state index in [1.54, 1.807) is 0 Å². The normalized spacial score (nSPS) is 47.5. The Bertz CT molecular complexity index is 694. The van der Waals surface area contributed by atoms with Crippen molar-refractivity contribution in [3.63, 3.8) is 0 Å². The Morgan fingerprint density at radius 3 is 2.71 bits per heavy atom. The fraction of sp³-hybridized carbons (Fsp3) is 0.789. The molecule has 4 nitrogen and oxygen atoms in total. The van der Waals surface area contributed by atoms with Crippen molar-refractivity contribution < 1.29 is 17.2 Å². The van der Waals surface area contributed by atoms with Gasteiger partial charge in [-0.05, 0) is 73.5 Å². The van der Waals surface area contributed by atoms with Crippen LogP contribution in [0.3, 0.4) is 0 Å². The Balaban J connectivity index is 1.58. The van der Waals surface area contributed by atoms with Crippen LogP contribution in [0.4, 0.5) is 0 Å². The second-order valence-electron chi connectivity index (χ2n) is 8.83. The van der Waals surface area contributed by atoms with E-state index in [1.165, 1.54) is 24.8 Å². The van der Waals surface area contributed by atoms with Crippen LogP contribution in [0.2, 0.25) is 0 Å². The zero-order chi connectivity index (χ0) is 17.2. The van der Waals surface area contributed by atoms with Gasteiger partial charge in [-0.15, -0.1) is 0 Å². The summed E-state index contributed by atoms with van der Waals surface area (Å²) in [6, 6.07) is 0. The third-order valence-electron chi connectivity index (χ3n) is 7.64. The molecular formula is C19H28O4S. The first-order chi connectivity index (χ1) is 11.2. The minimum absolute atomic E-state index is 0.173. The Morgan fingerprint density at radius 2 is 1.96 bits per heavy atom. The lowest BCUT2D eigenvalue weighted by molar-refractivity contribution is -0.0240. The summed E-state index contributed by atoms with van der Waals surface area (Å²) in [5.74, 6) is 2.20. The van der Waals surface area contributed by atoms with E-state index < -0.39 is 16.5 Å². The van der Waals surface area contributed by atoms with Crippen molar-refractivity contribution in [3.8, 4) is 0 Å². The molecule has 0 radical (unpaired) electrons. The van der Waals surface area contributed by atoms with Crippen molar-refractivity contribution in [2.24, 2.45) is 28.6 Å². The highest BCUT2D eigenvalue weighted by atomic mass is 32.3. The number of fused-ring (bicyclic) bond motifs is 5. The lowest BCUT2D eigenvalue weighted by Crippen LogP contribution is -2.49. The Labute approximate surface area is 145 Å². The molecule has 4 aliphatic rings.